The van der Waals surface area contributed by atoms with E-state index in [1.165, 1.54) is 0 Å². The predicted octanol–water partition coefficient (Wildman–Crippen LogP) is 1.88. The molecule has 1 N–H and O–H groups in total. The van der Waals surface area contributed by atoms with Crippen LogP contribution >= 0.6 is 0 Å². The molecule has 0 saturated heterocycles. The molecule has 2 heterocycles. The van der Waals surface area contributed by atoms with Gasteiger partial charge in [0.25, 0.3) is 0 Å². The van der Waals surface area contributed by atoms with Gasteiger partial charge in [-0.1, -0.05) is 0 Å². The zero-order chi connectivity index (χ0) is 8.55. The van der Waals surface area contributed by atoms with Crippen LogP contribution in [0.1, 0.15) is 5.69 Å². The smallest absolute Gasteiger partial charge is 0.222 e. The number of rotatable bonds is 1. The van der Waals surface area contributed by atoms with Crippen molar-refractivity contribution in [3.63, 3.8) is 0 Å². The molecule has 0 aliphatic carbocycles. The number of fused-ring (bicyclic) bond motifs is 1. The van der Waals surface area contributed by atoms with E-state index in [9.17, 15) is 0 Å². The molecule has 0 saturated carbocycles. The molecular formula is C9H10N2O. The molecule has 2 aromatic rings. The maximum absolute atomic E-state index is 5.14. The van der Waals surface area contributed by atoms with Gasteiger partial charge in [0.05, 0.1) is 18.0 Å². The van der Waals surface area contributed by atoms with E-state index in [4.69, 9.17) is 4.74 Å². The number of aromatic nitrogens is 2. The van der Waals surface area contributed by atoms with Gasteiger partial charge in [0.1, 0.15) is 0 Å². The maximum Gasteiger partial charge on any atom is 0.222 e. The number of ether oxygens (including phenoxy) is 1. The van der Waals surface area contributed by atoms with Gasteiger partial charge in [-0.2, -0.15) is 0 Å². The Hall–Kier alpha value is -1.51. The van der Waals surface area contributed by atoms with E-state index in [1.807, 2.05) is 25.3 Å². The first-order valence-electron chi connectivity index (χ1n) is 3.80. The van der Waals surface area contributed by atoms with Crippen LogP contribution in [-0.4, -0.2) is 17.1 Å². The lowest BCUT2D eigenvalue weighted by molar-refractivity contribution is 0.402. The van der Waals surface area contributed by atoms with Crippen LogP contribution in [0.4, 0.5) is 0 Å². The third-order valence-corrected chi connectivity index (χ3v) is 1.83. The quantitative estimate of drug-likeness (QED) is 0.695. The molecule has 0 aliphatic heterocycles. The van der Waals surface area contributed by atoms with Gasteiger partial charge in [0, 0.05) is 11.9 Å². The summed E-state index contributed by atoms with van der Waals surface area (Å²) in [7, 11) is 1.63. The lowest BCUT2D eigenvalue weighted by Gasteiger charge is -2.01. The van der Waals surface area contributed by atoms with Crippen molar-refractivity contribution in [2.24, 2.45) is 0 Å². The minimum Gasteiger partial charge on any atom is -0.480 e. The third kappa shape index (κ3) is 0.942. The van der Waals surface area contributed by atoms with Crippen molar-refractivity contribution in [1.82, 2.24) is 9.97 Å². The van der Waals surface area contributed by atoms with Gasteiger partial charge >= 0.3 is 0 Å². The number of methoxy groups -OCH3 is 1. The Morgan fingerprint density at radius 2 is 2.33 bits per heavy atom. The Kier molecular flexibility index (Phi) is 1.50. The first-order valence-corrected chi connectivity index (χ1v) is 3.80. The second-order valence-electron chi connectivity index (χ2n) is 2.71. The predicted molar refractivity (Wildman–Crippen MR) is 47.4 cm³/mol. The zero-order valence-electron chi connectivity index (χ0n) is 7.09. The lowest BCUT2D eigenvalue weighted by Crippen LogP contribution is -1.90. The van der Waals surface area contributed by atoms with Crippen molar-refractivity contribution < 1.29 is 4.74 Å². The molecule has 3 nitrogen and oxygen atoms in total. The van der Waals surface area contributed by atoms with Crippen LogP contribution in [0, 0.1) is 6.92 Å². The summed E-state index contributed by atoms with van der Waals surface area (Å²) in [6.45, 7) is 1.95. The normalized spacial score (nSPS) is 10.5. The highest BCUT2D eigenvalue weighted by molar-refractivity contribution is 5.84. The maximum atomic E-state index is 5.14. The number of aromatic amines is 1. The SMILES string of the molecule is COc1nc(C)cc2[nH]ccc12. The summed E-state index contributed by atoms with van der Waals surface area (Å²) in [5, 5.41) is 1.03. The highest BCUT2D eigenvalue weighted by Gasteiger charge is 2.03. The Balaban J connectivity index is 2.80. The molecule has 0 radical (unpaired) electrons. The Morgan fingerprint density at radius 3 is 3.08 bits per heavy atom. The van der Waals surface area contributed by atoms with Crippen molar-refractivity contribution in [2.45, 2.75) is 6.92 Å². The number of nitrogens with zero attached hydrogens (tertiary/aromatic N) is 1. The van der Waals surface area contributed by atoms with Gasteiger partial charge in [-0.05, 0) is 19.1 Å². The number of nitrogens with one attached hydrogen (secondary N) is 1. The van der Waals surface area contributed by atoms with Crippen LogP contribution in [0.3, 0.4) is 0 Å². The van der Waals surface area contributed by atoms with Gasteiger partial charge < -0.3 is 9.72 Å². The molecule has 62 valence electrons. The van der Waals surface area contributed by atoms with E-state index in [1.54, 1.807) is 7.11 Å². The molecule has 0 unspecified atom stereocenters. The van der Waals surface area contributed by atoms with Gasteiger partial charge in [-0.25, -0.2) is 4.98 Å². The monoisotopic (exact) mass is 162 g/mol. The van der Waals surface area contributed by atoms with E-state index in [-0.39, 0.29) is 0 Å². The minimum absolute atomic E-state index is 0.686. The molecule has 2 aromatic heterocycles. The summed E-state index contributed by atoms with van der Waals surface area (Å²) in [5.74, 6) is 0.686. The van der Waals surface area contributed by atoms with Gasteiger partial charge in [-0.3, -0.25) is 0 Å². The van der Waals surface area contributed by atoms with Crippen molar-refractivity contribution in [3.8, 4) is 5.88 Å². The van der Waals surface area contributed by atoms with E-state index in [0.29, 0.717) is 5.88 Å². The Labute approximate surface area is 70.4 Å². The van der Waals surface area contributed by atoms with Crippen LogP contribution in [0.2, 0.25) is 0 Å². The number of aryl methyl sites for hydroxylation is 1. The molecule has 0 bridgehead atoms. The topological polar surface area (TPSA) is 37.9 Å². The number of hydrogen-bond acceptors (Lipinski definition) is 2. The molecule has 12 heavy (non-hydrogen) atoms. The van der Waals surface area contributed by atoms with Crippen molar-refractivity contribution in [2.75, 3.05) is 7.11 Å². The summed E-state index contributed by atoms with van der Waals surface area (Å²) in [4.78, 5) is 7.36. The number of pyridine rings is 1. The van der Waals surface area contributed by atoms with Crippen molar-refractivity contribution in [3.05, 3.63) is 24.0 Å². The van der Waals surface area contributed by atoms with Crippen LogP contribution in [0.5, 0.6) is 5.88 Å². The summed E-state index contributed by atoms with van der Waals surface area (Å²) in [5.41, 5.74) is 2.03. The number of hydrogen-bond donors (Lipinski definition) is 1. The molecule has 0 fully saturated rings. The Bertz CT molecular complexity index is 406. The van der Waals surface area contributed by atoms with Crippen molar-refractivity contribution in [1.29, 1.82) is 0 Å². The fourth-order valence-electron chi connectivity index (χ4n) is 1.31. The molecule has 2 rings (SSSR count). The zero-order valence-corrected chi connectivity index (χ0v) is 7.09. The summed E-state index contributed by atoms with van der Waals surface area (Å²) < 4.78 is 5.14. The fourth-order valence-corrected chi connectivity index (χ4v) is 1.31. The summed E-state index contributed by atoms with van der Waals surface area (Å²) >= 11 is 0. The first-order chi connectivity index (χ1) is 5.81. The van der Waals surface area contributed by atoms with Crippen LogP contribution in [0.15, 0.2) is 18.3 Å². The van der Waals surface area contributed by atoms with Gasteiger partial charge in [0.2, 0.25) is 5.88 Å². The van der Waals surface area contributed by atoms with E-state index >= 15 is 0 Å². The lowest BCUT2D eigenvalue weighted by atomic mass is 10.3. The molecule has 0 aliphatic rings. The highest BCUT2D eigenvalue weighted by Crippen LogP contribution is 2.22. The van der Waals surface area contributed by atoms with Crippen molar-refractivity contribution >= 4 is 10.9 Å². The largest absolute Gasteiger partial charge is 0.480 e. The van der Waals surface area contributed by atoms with E-state index in [0.717, 1.165) is 16.6 Å². The van der Waals surface area contributed by atoms with Crippen LogP contribution in [-0.2, 0) is 0 Å². The van der Waals surface area contributed by atoms with E-state index < -0.39 is 0 Å². The van der Waals surface area contributed by atoms with E-state index in [2.05, 4.69) is 9.97 Å². The molecule has 0 atom stereocenters. The molecule has 0 spiro atoms. The summed E-state index contributed by atoms with van der Waals surface area (Å²) in [6, 6.07) is 3.96. The minimum atomic E-state index is 0.686. The Morgan fingerprint density at radius 1 is 1.50 bits per heavy atom. The highest BCUT2D eigenvalue weighted by atomic mass is 16.5. The first kappa shape index (κ1) is 7.16. The molecule has 3 heteroatoms. The van der Waals surface area contributed by atoms with Gasteiger partial charge in [0.15, 0.2) is 0 Å². The fraction of sp³-hybridized carbons (Fsp3) is 0.222. The third-order valence-electron chi connectivity index (χ3n) is 1.83. The van der Waals surface area contributed by atoms with Crippen LogP contribution < -0.4 is 4.74 Å². The second-order valence-corrected chi connectivity index (χ2v) is 2.71. The van der Waals surface area contributed by atoms with Gasteiger partial charge in [-0.15, -0.1) is 0 Å². The molecular weight excluding hydrogens is 152 g/mol. The molecule has 0 aromatic carbocycles. The molecule has 0 amide bonds. The average molecular weight is 162 g/mol. The average Bonchev–Trinajstić information content (AvgIpc) is 2.50. The summed E-state index contributed by atoms with van der Waals surface area (Å²) in [6.07, 6.45) is 1.88. The standard InChI is InChI=1S/C9H10N2O/c1-6-5-8-7(3-4-10-8)9(11-6)12-2/h3-5,10H,1-2H3. The number of H-pyrrole nitrogens is 1. The van der Waals surface area contributed by atoms with Crippen LogP contribution in [0.25, 0.3) is 10.9 Å². The second kappa shape index (κ2) is 2.52.